The van der Waals surface area contributed by atoms with Crippen LogP contribution in [-0.4, -0.2) is 109 Å². The van der Waals surface area contributed by atoms with E-state index < -0.39 is 33.9 Å². The van der Waals surface area contributed by atoms with Gasteiger partial charge in [-0.3, -0.25) is 4.79 Å². The Kier molecular flexibility index (Phi) is 20.6. The van der Waals surface area contributed by atoms with Crippen molar-refractivity contribution in [2.75, 3.05) is 39.4 Å². The number of Topliss-reactive ketones (excluding diaryl/α,β-unsaturated/α-hetero) is 1. The maximum atomic E-state index is 13.0. The van der Waals surface area contributed by atoms with Gasteiger partial charge >= 0.3 is 41.7 Å². The van der Waals surface area contributed by atoms with Gasteiger partial charge in [-0.25, -0.2) is 9.59 Å². The second-order valence-electron chi connectivity index (χ2n) is 21.1. The molecule has 0 bridgehead atoms. The fraction of sp³-hybridized carbons (Fsp3) is 0.674. The summed E-state index contributed by atoms with van der Waals surface area (Å²) in [5.74, 6) is -0.0253. The number of aliphatic hydroxyl groups is 1. The van der Waals surface area contributed by atoms with Gasteiger partial charge in [-0.05, 0) is 107 Å². The molecule has 2 aromatic rings. The maximum absolute atomic E-state index is 13.0. The summed E-state index contributed by atoms with van der Waals surface area (Å²) >= 11 is 0. The van der Waals surface area contributed by atoms with E-state index in [-0.39, 0.29) is 79.3 Å². The summed E-state index contributed by atoms with van der Waals surface area (Å²) in [7, 11) is -3.59. The van der Waals surface area contributed by atoms with Gasteiger partial charge in [0.1, 0.15) is 11.2 Å². The molecule has 10 nitrogen and oxygen atoms in total. The van der Waals surface area contributed by atoms with Gasteiger partial charge in [0, 0.05) is 59.3 Å². The number of likely N-dealkylation sites (tertiary alicyclic amines) is 2. The number of carbonyl (C=O) groups is 3. The van der Waals surface area contributed by atoms with Gasteiger partial charge in [0.2, 0.25) is 0 Å². The van der Waals surface area contributed by atoms with Crippen LogP contribution in [0.1, 0.15) is 118 Å². The molecule has 1 atom stereocenters. The van der Waals surface area contributed by atoms with E-state index in [0.29, 0.717) is 39.4 Å². The first-order valence-electron chi connectivity index (χ1n) is 21.0. The molecule has 3 radical (unpaired) electrons. The first-order chi connectivity index (χ1) is 26.4. The Morgan fingerprint density at radius 1 is 0.667 bits per heavy atom. The monoisotopic (exact) mass is 876 g/mol. The van der Waals surface area contributed by atoms with Crippen LogP contribution >= 0.6 is 0 Å². The summed E-state index contributed by atoms with van der Waals surface area (Å²) in [6.45, 7) is 36.7. The fourth-order valence-corrected chi connectivity index (χ4v) is 8.17. The van der Waals surface area contributed by atoms with Crippen LogP contribution in [0.3, 0.4) is 0 Å². The quantitative estimate of drug-likeness (QED) is 0.176. The van der Waals surface area contributed by atoms with Crippen molar-refractivity contribution in [2.24, 2.45) is 11.8 Å². The summed E-state index contributed by atoms with van der Waals surface area (Å²) in [6, 6.07) is 15.8. The van der Waals surface area contributed by atoms with Crippen molar-refractivity contribution in [3.63, 3.8) is 0 Å². The molecule has 4 rings (SSSR count). The molecular formula is C46H77BN2NaO8Si2. The molecule has 0 aromatic heterocycles. The molecule has 2 amide bonds. The number of aliphatic hydroxyl groups excluding tert-OH is 1. The molecule has 2 heterocycles. The zero-order valence-corrected chi connectivity index (χ0v) is 44.3. The Morgan fingerprint density at radius 3 is 1.48 bits per heavy atom. The van der Waals surface area contributed by atoms with Crippen molar-refractivity contribution in [1.82, 2.24) is 9.80 Å². The first kappa shape index (κ1) is 56.0. The molecule has 1 unspecified atom stereocenters. The van der Waals surface area contributed by atoms with Crippen molar-refractivity contribution in [2.45, 2.75) is 149 Å². The molecule has 1 N–H and O–H groups in total. The topological polar surface area (TPSA) is 115 Å². The average Bonchev–Trinajstić information content (AvgIpc) is 3.01. The average molecular weight is 876 g/mol. The van der Waals surface area contributed by atoms with Crippen LogP contribution in [0.15, 0.2) is 48.5 Å². The zero-order chi connectivity index (χ0) is 44.1. The minimum Gasteiger partial charge on any atom is -1.00 e. The second kappa shape index (κ2) is 22.1. The Bertz CT molecular complexity index is 1710. The predicted molar refractivity (Wildman–Crippen MR) is 245 cm³/mol. The molecule has 2 saturated heterocycles. The van der Waals surface area contributed by atoms with E-state index in [9.17, 15) is 19.5 Å². The van der Waals surface area contributed by atoms with Gasteiger partial charge in [-0.1, -0.05) is 90.1 Å². The number of benzene rings is 2. The van der Waals surface area contributed by atoms with Gasteiger partial charge in [0.15, 0.2) is 22.4 Å². The van der Waals surface area contributed by atoms with E-state index in [1.165, 1.54) is 0 Å². The van der Waals surface area contributed by atoms with E-state index in [2.05, 4.69) is 73.8 Å². The normalized spacial score (nSPS) is 15.9. The summed E-state index contributed by atoms with van der Waals surface area (Å²) in [6.07, 6.45) is 0.256. The second-order valence-corrected chi connectivity index (χ2v) is 30.7. The van der Waals surface area contributed by atoms with Crippen LogP contribution < -0.4 is 29.6 Å². The van der Waals surface area contributed by atoms with E-state index in [0.717, 1.165) is 35.1 Å². The zero-order valence-electron chi connectivity index (χ0n) is 41.3. The number of ketones is 1. The van der Waals surface area contributed by atoms with E-state index in [4.69, 9.17) is 18.3 Å². The predicted octanol–water partition coefficient (Wildman–Crippen LogP) is 7.19. The smallest absolute Gasteiger partial charge is 1.00 e. The number of rotatable bonds is 12. The molecule has 0 aliphatic carbocycles. The Labute approximate surface area is 390 Å². The third-order valence-electron chi connectivity index (χ3n) is 11.8. The summed E-state index contributed by atoms with van der Waals surface area (Å²) in [5, 5.41) is 11.3. The van der Waals surface area contributed by atoms with Crippen molar-refractivity contribution >= 4 is 43.0 Å². The first-order valence-corrected chi connectivity index (χ1v) is 26.9. The fourth-order valence-electron chi connectivity index (χ4n) is 6.08. The van der Waals surface area contributed by atoms with Gasteiger partial charge in [-0.2, -0.15) is 0 Å². The number of amides is 2. The SMILES string of the molecule is CC(C)(C)OC(=O)N1CC(C(=O)c2ccccc2CCO[Si](C)(C)C(C)(C)C)C1.CC(C)(C)OC(=O)N1CC(C(O)c2ccccc2CCO[Si](C)(C)C(C)(C)C)C1.[B].[H-].[Na+]. The minimum absolute atomic E-state index is 0. The molecule has 2 fully saturated rings. The van der Waals surface area contributed by atoms with Gasteiger partial charge < -0.3 is 34.7 Å². The summed E-state index contributed by atoms with van der Waals surface area (Å²) in [5.41, 5.74) is 2.81. The van der Waals surface area contributed by atoms with E-state index >= 15 is 0 Å². The summed E-state index contributed by atoms with van der Waals surface area (Å²) in [4.78, 5) is 40.5. The molecule has 2 aliphatic heterocycles. The Hall–Kier alpha value is -1.97. The Morgan fingerprint density at radius 2 is 1.05 bits per heavy atom. The van der Waals surface area contributed by atoms with Gasteiger partial charge in [-0.15, -0.1) is 0 Å². The molecular weight excluding hydrogens is 798 g/mol. The van der Waals surface area contributed by atoms with E-state index in [1.807, 2.05) is 84.0 Å². The maximum Gasteiger partial charge on any atom is 1.00 e. The molecule has 0 spiro atoms. The van der Waals surface area contributed by atoms with Crippen LogP contribution in [0.25, 0.3) is 0 Å². The molecule has 2 aromatic carbocycles. The third kappa shape index (κ3) is 16.3. The summed E-state index contributed by atoms with van der Waals surface area (Å²) < 4.78 is 23.4. The van der Waals surface area contributed by atoms with Crippen LogP contribution in [0.5, 0.6) is 0 Å². The van der Waals surface area contributed by atoms with Crippen molar-refractivity contribution < 1.29 is 68.8 Å². The number of hydrogen-bond acceptors (Lipinski definition) is 8. The molecule has 60 heavy (non-hydrogen) atoms. The number of hydrogen-bond donors (Lipinski definition) is 1. The van der Waals surface area contributed by atoms with Crippen LogP contribution in [0, 0.1) is 11.8 Å². The number of carbonyl (C=O) groups excluding carboxylic acids is 3. The Balaban J connectivity index is 0.00000112. The molecule has 331 valence electrons. The van der Waals surface area contributed by atoms with Gasteiger partial charge in [0.05, 0.1) is 12.0 Å². The van der Waals surface area contributed by atoms with Gasteiger partial charge in [0.25, 0.3) is 0 Å². The molecule has 0 saturated carbocycles. The third-order valence-corrected chi connectivity index (χ3v) is 20.9. The largest absolute Gasteiger partial charge is 1.00 e. The van der Waals surface area contributed by atoms with Crippen LogP contribution in [0.2, 0.25) is 36.3 Å². The number of ether oxygens (including phenoxy) is 2. The van der Waals surface area contributed by atoms with Crippen molar-refractivity contribution in [1.29, 1.82) is 0 Å². The van der Waals surface area contributed by atoms with Crippen molar-refractivity contribution in [3.8, 4) is 0 Å². The van der Waals surface area contributed by atoms with Crippen LogP contribution in [-0.2, 0) is 31.2 Å². The molecule has 2 aliphatic rings. The molecule has 14 heteroatoms. The van der Waals surface area contributed by atoms with E-state index in [1.54, 1.807) is 9.80 Å². The minimum atomic E-state index is -1.81. The van der Waals surface area contributed by atoms with Crippen LogP contribution in [0.4, 0.5) is 9.59 Å². The number of nitrogens with zero attached hydrogens (tertiary/aromatic N) is 2. The standard InChI is InChI=1S/C23H39NO4Si.C23H37NO4Si.B.Na.H/c2*1-22(2,3)28-21(26)24-15-18(16-24)20(25)19-12-10-9-11-17(19)13-14-27-29(7,8)23(4,5)6;;;/h9-12,18,20,25H,13-16H2,1-8H3;9-12,18H,13-16H2,1-8H3;;;/q;;;+1;-1. The van der Waals surface area contributed by atoms with Crippen molar-refractivity contribution in [3.05, 3.63) is 70.8 Å².